The lowest BCUT2D eigenvalue weighted by Crippen LogP contribution is -2.35. The first kappa shape index (κ1) is 17.4. The van der Waals surface area contributed by atoms with Crippen LogP contribution in [0.25, 0.3) is 11.6 Å². The second-order valence-electron chi connectivity index (χ2n) is 5.62. The molecule has 0 bridgehead atoms. The van der Waals surface area contributed by atoms with E-state index in [2.05, 4.69) is 6.58 Å². The highest BCUT2D eigenvalue weighted by Crippen LogP contribution is 2.12. The third-order valence-corrected chi connectivity index (χ3v) is 5.92. The van der Waals surface area contributed by atoms with Gasteiger partial charge in [-0.15, -0.1) is 29.3 Å². The predicted octanol–water partition coefficient (Wildman–Crippen LogP) is 1.28. The van der Waals surface area contributed by atoms with E-state index in [1.807, 2.05) is 23.6 Å². The van der Waals surface area contributed by atoms with E-state index in [9.17, 15) is 14.9 Å². The molecule has 1 aliphatic heterocycles. The van der Waals surface area contributed by atoms with E-state index in [-0.39, 0.29) is 23.6 Å². The Hall–Kier alpha value is -2.43. The van der Waals surface area contributed by atoms with Crippen LogP contribution >= 0.6 is 22.7 Å². The highest BCUT2D eigenvalue weighted by atomic mass is 32.1. The van der Waals surface area contributed by atoms with Crippen molar-refractivity contribution in [3.8, 4) is 6.07 Å². The van der Waals surface area contributed by atoms with E-state index in [4.69, 9.17) is 0 Å². The second-order valence-corrected chi connectivity index (χ2v) is 7.63. The maximum atomic E-state index is 12.7. The van der Waals surface area contributed by atoms with Crippen molar-refractivity contribution in [1.29, 1.82) is 5.26 Å². The minimum absolute atomic E-state index is 0.0386. The van der Waals surface area contributed by atoms with Gasteiger partial charge in [0.15, 0.2) is 5.57 Å². The van der Waals surface area contributed by atoms with E-state index in [1.54, 1.807) is 17.1 Å². The van der Waals surface area contributed by atoms with E-state index in [1.165, 1.54) is 27.2 Å². The molecule has 0 N–H and O–H groups in total. The number of thiazole rings is 1. The Bertz CT molecular complexity index is 1000. The SMILES string of the molecule is C=CCn1c(=O)/c(=C/c2cccs2)s/c1=C(/C#N)C(=O)N1CCCC1. The Morgan fingerprint density at radius 2 is 2.16 bits per heavy atom. The van der Waals surface area contributed by atoms with Crippen molar-refractivity contribution in [3.05, 3.63) is 54.6 Å². The molecule has 3 heterocycles. The molecule has 128 valence electrons. The summed E-state index contributed by atoms with van der Waals surface area (Å²) in [6.45, 7) is 5.27. The molecule has 0 aromatic carbocycles. The molecule has 0 atom stereocenters. The van der Waals surface area contributed by atoms with Crippen LogP contribution in [0.2, 0.25) is 0 Å². The fraction of sp³-hybridized carbons (Fsp3) is 0.278. The van der Waals surface area contributed by atoms with Gasteiger partial charge < -0.3 is 4.90 Å². The molecule has 25 heavy (non-hydrogen) atoms. The topological polar surface area (TPSA) is 66.1 Å². The van der Waals surface area contributed by atoms with Gasteiger partial charge in [-0.3, -0.25) is 14.2 Å². The van der Waals surface area contributed by atoms with Crippen LogP contribution in [0.1, 0.15) is 17.7 Å². The Labute approximate surface area is 153 Å². The number of allylic oxidation sites excluding steroid dienone is 1. The van der Waals surface area contributed by atoms with Gasteiger partial charge in [0.25, 0.3) is 11.5 Å². The van der Waals surface area contributed by atoms with Crippen molar-refractivity contribution < 1.29 is 4.79 Å². The summed E-state index contributed by atoms with van der Waals surface area (Å²) >= 11 is 2.72. The third kappa shape index (κ3) is 3.50. The van der Waals surface area contributed by atoms with Crippen molar-refractivity contribution in [1.82, 2.24) is 9.47 Å². The number of likely N-dealkylation sites (tertiary alicyclic amines) is 1. The molecule has 5 nitrogen and oxygen atoms in total. The average molecular weight is 371 g/mol. The quantitative estimate of drug-likeness (QED) is 0.761. The second kappa shape index (κ2) is 7.64. The smallest absolute Gasteiger partial charge is 0.269 e. The maximum Gasteiger partial charge on any atom is 0.269 e. The number of carbonyl (C=O) groups is 1. The number of carbonyl (C=O) groups excluding carboxylic acids is 1. The molecule has 0 saturated carbocycles. The Balaban J connectivity index is 2.23. The number of nitrogens with zero attached hydrogens (tertiary/aromatic N) is 3. The predicted molar refractivity (Wildman–Crippen MR) is 101 cm³/mol. The molecular weight excluding hydrogens is 354 g/mol. The lowest BCUT2D eigenvalue weighted by molar-refractivity contribution is -0.123. The summed E-state index contributed by atoms with van der Waals surface area (Å²) in [4.78, 5) is 28.1. The minimum Gasteiger partial charge on any atom is -0.338 e. The third-order valence-electron chi connectivity index (χ3n) is 3.97. The van der Waals surface area contributed by atoms with Crippen LogP contribution in [0.3, 0.4) is 0 Å². The van der Waals surface area contributed by atoms with Gasteiger partial charge in [0, 0.05) is 24.5 Å². The number of nitriles is 1. The van der Waals surface area contributed by atoms with Crippen LogP contribution in [-0.4, -0.2) is 28.5 Å². The van der Waals surface area contributed by atoms with Gasteiger partial charge in [0.05, 0.1) is 4.53 Å². The first-order valence-electron chi connectivity index (χ1n) is 7.95. The summed E-state index contributed by atoms with van der Waals surface area (Å²) in [5, 5.41) is 11.5. The molecule has 0 unspecified atom stereocenters. The molecule has 1 saturated heterocycles. The first-order valence-corrected chi connectivity index (χ1v) is 9.64. The summed E-state index contributed by atoms with van der Waals surface area (Å²) in [5.74, 6) is -0.290. The standard InChI is InChI=1S/C18H17N3O2S2/c1-2-7-21-17(23)15(11-13-6-5-10-24-13)25-18(21)14(12-19)16(22)20-8-3-4-9-20/h2,5-6,10-11H,1,3-4,7-9H2/b15-11-,18-14-. The number of rotatable bonds is 4. The van der Waals surface area contributed by atoms with Gasteiger partial charge in [0.2, 0.25) is 0 Å². The van der Waals surface area contributed by atoms with Crippen LogP contribution in [0, 0.1) is 11.3 Å². The average Bonchev–Trinajstić information content (AvgIpc) is 3.35. The van der Waals surface area contributed by atoms with E-state index in [0.29, 0.717) is 22.3 Å². The molecule has 1 amide bonds. The number of hydrogen-bond donors (Lipinski definition) is 0. The van der Waals surface area contributed by atoms with Crippen molar-refractivity contribution in [2.45, 2.75) is 19.4 Å². The molecule has 3 rings (SSSR count). The summed E-state index contributed by atoms with van der Waals surface area (Å²) in [6, 6.07) is 5.86. The van der Waals surface area contributed by atoms with Crippen LogP contribution in [0.4, 0.5) is 0 Å². The zero-order chi connectivity index (χ0) is 17.8. The lowest BCUT2D eigenvalue weighted by atomic mass is 10.3. The summed E-state index contributed by atoms with van der Waals surface area (Å²) in [6.07, 6.45) is 5.30. The van der Waals surface area contributed by atoms with E-state index < -0.39 is 0 Å². The maximum absolute atomic E-state index is 12.7. The number of thiophene rings is 1. The van der Waals surface area contributed by atoms with Crippen molar-refractivity contribution in [3.63, 3.8) is 0 Å². The lowest BCUT2D eigenvalue weighted by Gasteiger charge is -2.13. The number of aromatic nitrogens is 1. The fourth-order valence-electron chi connectivity index (χ4n) is 2.77. The molecule has 0 radical (unpaired) electrons. The molecule has 0 spiro atoms. The summed E-state index contributed by atoms with van der Waals surface area (Å²) in [5.41, 5.74) is -0.160. The van der Waals surface area contributed by atoms with Gasteiger partial charge in [-0.2, -0.15) is 5.26 Å². The highest BCUT2D eigenvalue weighted by molar-refractivity contribution is 7.11. The summed E-state index contributed by atoms with van der Waals surface area (Å²) in [7, 11) is 0. The normalized spacial score (nSPS) is 16.0. The van der Waals surface area contributed by atoms with Crippen molar-refractivity contribution in [2.75, 3.05) is 13.1 Å². The monoisotopic (exact) mass is 371 g/mol. The van der Waals surface area contributed by atoms with Gasteiger partial charge in [0.1, 0.15) is 10.7 Å². The van der Waals surface area contributed by atoms with Gasteiger partial charge in [-0.1, -0.05) is 12.1 Å². The molecular formula is C18H17N3O2S2. The number of amides is 1. The molecule has 2 aromatic rings. The summed E-state index contributed by atoms with van der Waals surface area (Å²) < 4.78 is 2.39. The minimum atomic E-state index is -0.290. The van der Waals surface area contributed by atoms with Crippen LogP contribution < -0.4 is 14.8 Å². The Kier molecular flexibility index (Phi) is 5.31. The zero-order valence-electron chi connectivity index (χ0n) is 13.6. The Morgan fingerprint density at radius 3 is 2.76 bits per heavy atom. The van der Waals surface area contributed by atoms with E-state index >= 15 is 0 Å². The van der Waals surface area contributed by atoms with E-state index in [0.717, 1.165) is 17.7 Å². The van der Waals surface area contributed by atoms with Crippen molar-refractivity contribution in [2.24, 2.45) is 0 Å². The number of hydrogen-bond acceptors (Lipinski definition) is 5. The molecule has 2 aromatic heterocycles. The van der Waals surface area contributed by atoms with Crippen molar-refractivity contribution >= 4 is 40.2 Å². The molecule has 1 fully saturated rings. The van der Waals surface area contributed by atoms with Gasteiger partial charge in [-0.05, 0) is 30.4 Å². The van der Waals surface area contributed by atoms with Crippen LogP contribution in [-0.2, 0) is 11.3 Å². The largest absolute Gasteiger partial charge is 0.338 e. The highest BCUT2D eigenvalue weighted by Gasteiger charge is 2.23. The van der Waals surface area contributed by atoms with Crippen LogP contribution in [0.15, 0.2) is 35.0 Å². The molecule has 1 aliphatic rings. The van der Waals surface area contributed by atoms with Crippen LogP contribution in [0.5, 0.6) is 0 Å². The van der Waals surface area contributed by atoms with Gasteiger partial charge in [-0.25, -0.2) is 0 Å². The fourth-order valence-corrected chi connectivity index (χ4v) is 4.59. The Morgan fingerprint density at radius 1 is 1.40 bits per heavy atom. The molecule has 0 aliphatic carbocycles. The molecule has 7 heteroatoms. The zero-order valence-corrected chi connectivity index (χ0v) is 15.2. The first-order chi connectivity index (χ1) is 12.2. The van der Waals surface area contributed by atoms with Gasteiger partial charge >= 0.3 is 0 Å².